The van der Waals surface area contributed by atoms with E-state index in [1.54, 1.807) is 4.90 Å². The molecule has 0 radical (unpaired) electrons. The van der Waals surface area contributed by atoms with Gasteiger partial charge in [0.25, 0.3) is 11.5 Å². The number of benzene rings is 3. The maximum absolute atomic E-state index is 13.6. The number of aromatic nitrogens is 3. The molecule has 1 aliphatic heterocycles. The summed E-state index contributed by atoms with van der Waals surface area (Å²) in [5.74, 6) is 0.277. The number of hydrogen-bond acceptors (Lipinski definition) is 5. The molecule has 0 saturated heterocycles. The standard InChI is InChI=1S/C25H15BrN4O2S/c26-18-12-6-4-10-16(18)22-27-25-30(28-22)24(32)21(33-25)20-17-11-5-7-13-19(17)29(23(20)31)14-15-8-2-1-3-9-15/h1-13H,14H2. The first-order chi connectivity index (χ1) is 16.1. The molecule has 0 fully saturated rings. The second-order valence-electron chi connectivity index (χ2n) is 7.62. The maximum Gasteiger partial charge on any atom is 0.291 e. The minimum absolute atomic E-state index is 0.187. The number of thiazole rings is 1. The van der Waals surface area contributed by atoms with E-state index in [2.05, 4.69) is 26.0 Å². The number of para-hydroxylation sites is 1. The van der Waals surface area contributed by atoms with Gasteiger partial charge in [0, 0.05) is 15.6 Å². The van der Waals surface area contributed by atoms with E-state index in [4.69, 9.17) is 0 Å². The van der Waals surface area contributed by atoms with Crippen LogP contribution in [-0.2, 0) is 11.3 Å². The van der Waals surface area contributed by atoms with Crippen LogP contribution in [0.5, 0.6) is 0 Å². The van der Waals surface area contributed by atoms with Crippen molar-refractivity contribution in [1.82, 2.24) is 14.6 Å². The number of rotatable bonds is 3. The SMILES string of the molecule is O=C1C(=c2sc3nc(-c4ccccc4Br)nn3c2=O)c2ccccc2N1Cc1ccccc1. The molecule has 5 aromatic rings. The number of nitrogens with zero attached hydrogens (tertiary/aromatic N) is 4. The largest absolute Gasteiger partial charge is 0.303 e. The normalized spacial score (nSPS) is 14.8. The fourth-order valence-corrected chi connectivity index (χ4v) is 5.52. The Morgan fingerprint density at radius 3 is 2.30 bits per heavy atom. The number of anilines is 1. The van der Waals surface area contributed by atoms with Crippen LogP contribution in [0.1, 0.15) is 11.1 Å². The van der Waals surface area contributed by atoms with Crippen LogP contribution in [-0.4, -0.2) is 20.5 Å². The number of fused-ring (bicyclic) bond motifs is 2. The summed E-state index contributed by atoms with van der Waals surface area (Å²) in [6, 6.07) is 25.0. The third-order valence-electron chi connectivity index (χ3n) is 5.61. The second kappa shape index (κ2) is 7.75. The highest BCUT2D eigenvalue weighted by Gasteiger charge is 2.34. The molecule has 33 heavy (non-hydrogen) atoms. The first kappa shape index (κ1) is 20.0. The molecule has 3 heterocycles. The fourth-order valence-electron chi connectivity index (χ4n) is 4.06. The van der Waals surface area contributed by atoms with Crippen LogP contribution in [0.25, 0.3) is 21.9 Å². The molecule has 3 aromatic carbocycles. The van der Waals surface area contributed by atoms with E-state index in [0.29, 0.717) is 27.4 Å². The Kier molecular flexibility index (Phi) is 4.70. The quantitative estimate of drug-likeness (QED) is 0.364. The zero-order valence-electron chi connectivity index (χ0n) is 17.1. The zero-order chi connectivity index (χ0) is 22.5. The van der Waals surface area contributed by atoms with Crippen LogP contribution < -0.4 is 15.0 Å². The van der Waals surface area contributed by atoms with Crippen LogP contribution in [0.2, 0.25) is 0 Å². The van der Waals surface area contributed by atoms with E-state index in [1.165, 1.54) is 15.9 Å². The molecule has 0 N–H and O–H groups in total. The Hall–Kier alpha value is -3.62. The van der Waals surface area contributed by atoms with Crippen molar-refractivity contribution in [3.8, 4) is 11.4 Å². The summed E-state index contributed by atoms with van der Waals surface area (Å²) in [5.41, 5.74) is 3.45. The van der Waals surface area contributed by atoms with Crippen LogP contribution in [0.3, 0.4) is 0 Å². The van der Waals surface area contributed by atoms with E-state index in [1.807, 2.05) is 78.9 Å². The van der Waals surface area contributed by atoms with E-state index < -0.39 is 0 Å². The van der Waals surface area contributed by atoms with Gasteiger partial charge in [0.2, 0.25) is 4.96 Å². The number of halogens is 1. The first-order valence-corrected chi connectivity index (χ1v) is 11.9. The van der Waals surface area contributed by atoms with Gasteiger partial charge < -0.3 is 4.90 Å². The van der Waals surface area contributed by atoms with Gasteiger partial charge in [-0.25, -0.2) is 0 Å². The molecule has 0 saturated carbocycles. The maximum atomic E-state index is 13.6. The molecular weight excluding hydrogens is 500 g/mol. The molecule has 8 heteroatoms. The molecule has 6 rings (SSSR count). The Bertz CT molecular complexity index is 1660. The van der Waals surface area contributed by atoms with Gasteiger partial charge in [-0.1, -0.05) is 87.9 Å². The van der Waals surface area contributed by atoms with Gasteiger partial charge >= 0.3 is 0 Å². The van der Waals surface area contributed by atoms with Crippen LogP contribution in [0.4, 0.5) is 5.69 Å². The molecule has 0 bridgehead atoms. The average molecular weight is 515 g/mol. The van der Waals surface area contributed by atoms with Crippen molar-refractivity contribution in [2.45, 2.75) is 6.54 Å². The predicted octanol–water partition coefficient (Wildman–Crippen LogP) is 4.05. The summed E-state index contributed by atoms with van der Waals surface area (Å²) in [7, 11) is 0. The van der Waals surface area contributed by atoms with Crippen molar-refractivity contribution in [1.29, 1.82) is 0 Å². The molecular formula is C25H15BrN4O2S. The Balaban J connectivity index is 1.52. The molecule has 2 aromatic heterocycles. The molecule has 1 aliphatic rings. The third kappa shape index (κ3) is 3.21. The zero-order valence-corrected chi connectivity index (χ0v) is 19.5. The Labute approximate surface area is 200 Å². The van der Waals surface area contributed by atoms with Gasteiger partial charge in [-0.3, -0.25) is 9.59 Å². The Morgan fingerprint density at radius 2 is 1.55 bits per heavy atom. The lowest BCUT2D eigenvalue weighted by Gasteiger charge is -2.17. The molecule has 1 amide bonds. The third-order valence-corrected chi connectivity index (χ3v) is 7.33. The van der Waals surface area contributed by atoms with Crippen LogP contribution >= 0.6 is 27.3 Å². The van der Waals surface area contributed by atoms with Crippen LogP contribution in [0.15, 0.2) is 88.1 Å². The van der Waals surface area contributed by atoms with Crippen LogP contribution in [0, 0.1) is 0 Å². The first-order valence-electron chi connectivity index (χ1n) is 10.3. The predicted molar refractivity (Wildman–Crippen MR) is 132 cm³/mol. The lowest BCUT2D eigenvalue weighted by Crippen LogP contribution is -2.32. The lowest BCUT2D eigenvalue weighted by atomic mass is 10.1. The van der Waals surface area contributed by atoms with Gasteiger partial charge in [0.05, 0.1) is 17.8 Å². The lowest BCUT2D eigenvalue weighted by molar-refractivity contribution is -0.113. The second-order valence-corrected chi connectivity index (χ2v) is 9.45. The summed E-state index contributed by atoms with van der Waals surface area (Å²) in [5, 5.41) is 4.44. The molecule has 160 valence electrons. The topological polar surface area (TPSA) is 67.6 Å². The fraction of sp³-hybridized carbons (Fsp3) is 0.0400. The van der Waals surface area contributed by atoms with Crippen molar-refractivity contribution >= 4 is 49.4 Å². The van der Waals surface area contributed by atoms with Crippen molar-refractivity contribution in [2.75, 3.05) is 4.90 Å². The van der Waals surface area contributed by atoms with E-state index in [0.717, 1.165) is 26.9 Å². The molecule has 0 spiro atoms. The molecule has 0 unspecified atom stereocenters. The highest BCUT2D eigenvalue weighted by atomic mass is 79.9. The summed E-state index contributed by atoms with van der Waals surface area (Å²) in [6.07, 6.45) is 0. The molecule has 6 nitrogen and oxygen atoms in total. The number of carbonyl (C=O) groups is 1. The number of amides is 1. The summed E-state index contributed by atoms with van der Waals surface area (Å²) >= 11 is 4.70. The van der Waals surface area contributed by atoms with Gasteiger partial charge in [0.15, 0.2) is 5.82 Å². The summed E-state index contributed by atoms with van der Waals surface area (Å²) < 4.78 is 2.50. The minimum Gasteiger partial charge on any atom is -0.303 e. The summed E-state index contributed by atoms with van der Waals surface area (Å²) in [4.78, 5) is 33.6. The minimum atomic E-state index is -0.333. The number of carbonyl (C=O) groups excluding carboxylic acids is 1. The van der Waals surface area contributed by atoms with Crippen molar-refractivity contribution < 1.29 is 4.79 Å². The van der Waals surface area contributed by atoms with E-state index in [-0.39, 0.29) is 11.5 Å². The highest BCUT2D eigenvalue weighted by molar-refractivity contribution is 9.10. The molecule has 0 aliphatic carbocycles. The average Bonchev–Trinajstić information content (AvgIpc) is 3.46. The Morgan fingerprint density at radius 1 is 0.848 bits per heavy atom. The monoisotopic (exact) mass is 514 g/mol. The van der Waals surface area contributed by atoms with Gasteiger partial charge in [0.1, 0.15) is 4.53 Å². The smallest absolute Gasteiger partial charge is 0.291 e. The molecule has 0 atom stereocenters. The number of hydrogen-bond donors (Lipinski definition) is 0. The van der Waals surface area contributed by atoms with Crippen molar-refractivity contribution in [2.24, 2.45) is 0 Å². The van der Waals surface area contributed by atoms with Crippen molar-refractivity contribution in [3.05, 3.63) is 109 Å². The van der Waals surface area contributed by atoms with Gasteiger partial charge in [-0.2, -0.15) is 9.50 Å². The van der Waals surface area contributed by atoms with Crippen molar-refractivity contribution in [3.63, 3.8) is 0 Å². The highest BCUT2D eigenvalue weighted by Crippen LogP contribution is 2.36. The van der Waals surface area contributed by atoms with E-state index in [9.17, 15) is 9.59 Å². The van der Waals surface area contributed by atoms with Gasteiger partial charge in [-0.05, 0) is 23.8 Å². The summed E-state index contributed by atoms with van der Waals surface area (Å²) in [6.45, 7) is 0.432. The van der Waals surface area contributed by atoms with E-state index >= 15 is 0 Å². The van der Waals surface area contributed by atoms with Gasteiger partial charge in [-0.15, -0.1) is 5.10 Å².